The van der Waals surface area contributed by atoms with Crippen LogP contribution >= 0.6 is 0 Å². The van der Waals surface area contributed by atoms with Gasteiger partial charge in [-0.3, -0.25) is 0 Å². The average Bonchev–Trinajstić information content (AvgIpc) is 2.70. The molecule has 0 aromatic heterocycles. The summed E-state index contributed by atoms with van der Waals surface area (Å²) in [6.45, 7) is 19.0. The molecule has 1 heteroatoms. The van der Waals surface area contributed by atoms with E-state index < -0.39 is 0 Å². The highest BCUT2D eigenvalue weighted by Crippen LogP contribution is 2.57. The van der Waals surface area contributed by atoms with Crippen LogP contribution < -0.4 is 5.32 Å². The van der Waals surface area contributed by atoms with Crippen molar-refractivity contribution in [2.24, 2.45) is 17.3 Å². The molecule has 0 heterocycles. The van der Waals surface area contributed by atoms with Gasteiger partial charge in [-0.05, 0) is 111 Å². The largest absolute Gasteiger partial charge is 0.316 e. The van der Waals surface area contributed by atoms with E-state index in [1.165, 1.54) is 75.6 Å². The lowest BCUT2D eigenvalue weighted by atomic mass is 9.49. The number of hydrogen-bond acceptors (Lipinski definition) is 1. The van der Waals surface area contributed by atoms with Gasteiger partial charge in [0.25, 0.3) is 0 Å². The Balaban J connectivity index is 1.61. The predicted octanol–water partition coefficient (Wildman–Crippen LogP) is 8.18. The second kappa shape index (κ2) is 10.2. The molecule has 174 valence electrons. The van der Waals surface area contributed by atoms with Crippen molar-refractivity contribution >= 4 is 0 Å². The van der Waals surface area contributed by atoms with Crippen LogP contribution in [-0.2, 0) is 11.8 Å². The summed E-state index contributed by atoms with van der Waals surface area (Å²) in [7, 11) is 0. The highest BCUT2D eigenvalue weighted by molar-refractivity contribution is 5.42. The maximum absolute atomic E-state index is 3.91. The van der Waals surface area contributed by atoms with E-state index in [2.05, 4.69) is 78.1 Å². The Bertz CT molecular complexity index is 756. The zero-order chi connectivity index (χ0) is 22.6. The van der Waals surface area contributed by atoms with Crippen molar-refractivity contribution in [3.05, 3.63) is 46.5 Å². The molecule has 0 bridgehead atoms. The van der Waals surface area contributed by atoms with E-state index in [1.807, 2.05) is 0 Å². The summed E-state index contributed by atoms with van der Waals surface area (Å²) in [6, 6.07) is 7.45. The highest BCUT2D eigenvalue weighted by Gasteiger charge is 2.51. The number of fused-ring (bicyclic) bond motifs is 3. The zero-order valence-corrected chi connectivity index (χ0v) is 21.6. The lowest BCUT2D eigenvalue weighted by Crippen LogP contribution is -2.52. The molecule has 2 aliphatic carbocycles. The van der Waals surface area contributed by atoms with Crippen molar-refractivity contribution in [1.29, 1.82) is 0 Å². The third kappa shape index (κ3) is 5.65. The van der Waals surface area contributed by atoms with Gasteiger partial charge in [0.05, 0.1) is 0 Å². The number of rotatable bonds is 9. The topological polar surface area (TPSA) is 12.0 Å². The van der Waals surface area contributed by atoms with Crippen LogP contribution in [0.3, 0.4) is 0 Å². The summed E-state index contributed by atoms with van der Waals surface area (Å²) in [4.78, 5) is 0. The van der Waals surface area contributed by atoms with Crippen LogP contribution in [0.25, 0.3) is 0 Å². The smallest absolute Gasteiger partial charge is 0.000814 e. The van der Waals surface area contributed by atoms with Crippen LogP contribution in [0.4, 0.5) is 0 Å². The molecule has 1 aromatic carbocycles. The van der Waals surface area contributed by atoms with E-state index in [-0.39, 0.29) is 0 Å². The Morgan fingerprint density at radius 3 is 2.61 bits per heavy atom. The fraction of sp³-hybridized carbons (Fsp3) is 0.733. The minimum absolute atomic E-state index is 0.357. The molecule has 1 aromatic rings. The Morgan fingerprint density at radius 1 is 1.13 bits per heavy atom. The number of nitrogens with one attached hydrogen (secondary N) is 1. The van der Waals surface area contributed by atoms with Crippen molar-refractivity contribution in [2.75, 3.05) is 13.1 Å². The first-order chi connectivity index (χ1) is 14.7. The van der Waals surface area contributed by atoms with Crippen LogP contribution in [0.2, 0.25) is 0 Å². The lowest BCUT2D eigenvalue weighted by molar-refractivity contribution is 0.0258. The Hall–Kier alpha value is -1.08. The quantitative estimate of drug-likeness (QED) is 0.312. The molecule has 0 aliphatic heterocycles. The Kier molecular flexibility index (Phi) is 8.11. The van der Waals surface area contributed by atoms with Gasteiger partial charge >= 0.3 is 0 Å². The molecule has 3 rings (SSSR count). The Labute approximate surface area is 193 Å². The number of hydrogen-bond donors (Lipinski definition) is 1. The van der Waals surface area contributed by atoms with Crippen molar-refractivity contribution < 1.29 is 0 Å². The first kappa shape index (κ1) is 24.6. The molecule has 1 N–H and O–H groups in total. The summed E-state index contributed by atoms with van der Waals surface area (Å²) < 4.78 is 0. The van der Waals surface area contributed by atoms with Gasteiger partial charge in [0.15, 0.2) is 0 Å². The minimum Gasteiger partial charge on any atom is -0.316 e. The number of aryl methyl sites for hydroxylation is 1. The second-order valence-corrected chi connectivity index (χ2v) is 12.0. The van der Waals surface area contributed by atoms with Gasteiger partial charge in [-0.25, -0.2) is 0 Å². The van der Waals surface area contributed by atoms with Crippen LogP contribution in [0.1, 0.15) is 116 Å². The summed E-state index contributed by atoms with van der Waals surface area (Å²) in [5.74, 6) is 2.24. The van der Waals surface area contributed by atoms with Gasteiger partial charge in [0, 0.05) is 6.54 Å². The van der Waals surface area contributed by atoms with Crippen molar-refractivity contribution in [3.63, 3.8) is 0 Å². The van der Waals surface area contributed by atoms with Gasteiger partial charge in [0.1, 0.15) is 0 Å². The van der Waals surface area contributed by atoms with E-state index in [0.717, 1.165) is 11.8 Å². The fourth-order valence-electron chi connectivity index (χ4n) is 6.74. The highest BCUT2D eigenvalue weighted by atomic mass is 14.9. The normalized spacial score (nSPS) is 28.7. The minimum atomic E-state index is 0.357. The molecule has 0 spiro atoms. The Morgan fingerprint density at radius 2 is 1.90 bits per heavy atom. The molecule has 4 atom stereocenters. The summed E-state index contributed by atoms with van der Waals surface area (Å²) >= 11 is 0. The molecule has 4 unspecified atom stereocenters. The lowest BCUT2D eigenvalue weighted by Gasteiger charge is -2.56. The molecule has 31 heavy (non-hydrogen) atoms. The molecule has 2 aliphatic rings. The molecule has 1 fully saturated rings. The maximum Gasteiger partial charge on any atom is 0.000814 e. The van der Waals surface area contributed by atoms with Crippen LogP contribution in [0.5, 0.6) is 0 Å². The monoisotopic (exact) mass is 423 g/mol. The summed E-state index contributed by atoms with van der Waals surface area (Å²) in [5, 5.41) is 3.91. The number of allylic oxidation sites excluding steroid dienone is 2. The third-order valence-corrected chi connectivity index (χ3v) is 8.72. The van der Waals surface area contributed by atoms with Crippen molar-refractivity contribution in [2.45, 2.75) is 111 Å². The first-order valence-corrected chi connectivity index (χ1v) is 13.1. The zero-order valence-electron chi connectivity index (χ0n) is 21.6. The van der Waals surface area contributed by atoms with Crippen molar-refractivity contribution in [3.8, 4) is 0 Å². The maximum atomic E-state index is 3.91. The van der Waals surface area contributed by atoms with Gasteiger partial charge in [-0.1, -0.05) is 70.9 Å². The van der Waals surface area contributed by atoms with Gasteiger partial charge in [-0.15, -0.1) is 0 Å². The third-order valence-electron chi connectivity index (χ3n) is 8.72. The van der Waals surface area contributed by atoms with Crippen LogP contribution in [0.15, 0.2) is 29.8 Å². The van der Waals surface area contributed by atoms with Crippen LogP contribution in [0, 0.1) is 17.3 Å². The molecule has 1 saturated carbocycles. The van der Waals surface area contributed by atoms with E-state index in [0.29, 0.717) is 16.7 Å². The molecular formula is C30H49N. The van der Waals surface area contributed by atoms with E-state index >= 15 is 0 Å². The molecule has 0 saturated heterocycles. The van der Waals surface area contributed by atoms with E-state index in [1.54, 1.807) is 11.1 Å². The summed E-state index contributed by atoms with van der Waals surface area (Å²) in [5.41, 5.74) is 7.06. The average molecular weight is 424 g/mol. The van der Waals surface area contributed by atoms with Crippen LogP contribution in [-0.4, -0.2) is 13.1 Å². The molecule has 1 nitrogen and oxygen atoms in total. The predicted molar refractivity (Wildman–Crippen MR) is 137 cm³/mol. The SMILES string of the molecule is CC(C)=CCCC(C)CCNCC1(C)CCCC2(C)c3ccc(C(C)C)cc3CCC12. The summed E-state index contributed by atoms with van der Waals surface area (Å²) in [6.07, 6.45) is 13.0. The number of benzene rings is 1. The van der Waals surface area contributed by atoms with E-state index in [4.69, 9.17) is 0 Å². The van der Waals surface area contributed by atoms with Gasteiger partial charge in [-0.2, -0.15) is 0 Å². The second-order valence-electron chi connectivity index (χ2n) is 12.0. The van der Waals surface area contributed by atoms with Gasteiger partial charge < -0.3 is 5.32 Å². The van der Waals surface area contributed by atoms with E-state index in [9.17, 15) is 0 Å². The fourth-order valence-corrected chi connectivity index (χ4v) is 6.74. The standard InChI is InChI=1S/C30H49N/c1-22(2)10-8-11-24(5)16-19-31-21-29(6)17-9-18-30(7)27-14-12-25(23(3)4)20-26(27)13-15-28(29)30/h10,12,14,20,23-24,28,31H,8-9,11,13,15-19,21H2,1-7H3. The van der Waals surface area contributed by atoms with Crippen molar-refractivity contribution in [1.82, 2.24) is 5.32 Å². The molecule has 0 amide bonds. The molecule has 0 radical (unpaired) electrons. The molecular weight excluding hydrogens is 374 g/mol. The first-order valence-electron chi connectivity index (χ1n) is 13.1. The van der Waals surface area contributed by atoms with Gasteiger partial charge in [0.2, 0.25) is 0 Å².